The Bertz CT molecular complexity index is 316. The van der Waals surface area contributed by atoms with Crippen molar-refractivity contribution < 1.29 is 5.11 Å². The van der Waals surface area contributed by atoms with E-state index >= 15 is 0 Å². The van der Waals surface area contributed by atoms with Gasteiger partial charge in [-0.3, -0.25) is 0 Å². The van der Waals surface area contributed by atoms with Crippen LogP contribution in [-0.4, -0.2) is 34.3 Å². The molecule has 0 aromatic carbocycles. The van der Waals surface area contributed by atoms with E-state index in [4.69, 9.17) is 0 Å². The van der Waals surface area contributed by atoms with Crippen molar-refractivity contribution in [3.63, 3.8) is 0 Å². The average Bonchev–Trinajstić information content (AvgIpc) is 2.18. The Kier molecular flexibility index (Phi) is 2.63. The summed E-state index contributed by atoms with van der Waals surface area (Å²) in [7, 11) is 0. The molecule has 0 bridgehead atoms. The fourth-order valence-electron chi connectivity index (χ4n) is 1.78. The fraction of sp³-hybridized carbons (Fsp3) is 0.600. The van der Waals surface area contributed by atoms with Gasteiger partial charge in [0.05, 0.1) is 6.10 Å². The molecule has 1 aliphatic heterocycles. The van der Waals surface area contributed by atoms with E-state index in [2.05, 4.69) is 14.9 Å². The van der Waals surface area contributed by atoms with Crippen molar-refractivity contribution in [1.29, 1.82) is 0 Å². The van der Waals surface area contributed by atoms with Gasteiger partial charge < -0.3 is 10.0 Å². The van der Waals surface area contributed by atoms with Crippen molar-refractivity contribution in [2.24, 2.45) is 0 Å². The van der Waals surface area contributed by atoms with E-state index in [1.807, 2.05) is 13.0 Å². The van der Waals surface area contributed by atoms with Crippen LogP contribution in [0.5, 0.6) is 0 Å². The smallest absolute Gasteiger partial charge is 0.132 e. The molecule has 2 heterocycles. The lowest BCUT2D eigenvalue weighted by Gasteiger charge is -2.30. The summed E-state index contributed by atoms with van der Waals surface area (Å²) in [6.45, 7) is 3.62. The summed E-state index contributed by atoms with van der Waals surface area (Å²) in [5.74, 6) is 0.927. The van der Waals surface area contributed by atoms with E-state index in [-0.39, 0.29) is 6.10 Å². The molecule has 2 rings (SSSR count). The molecule has 1 N–H and O–H groups in total. The van der Waals surface area contributed by atoms with Crippen LogP contribution in [0.15, 0.2) is 12.4 Å². The first-order valence-electron chi connectivity index (χ1n) is 4.97. The molecule has 4 heteroatoms. The maximum atomic E-state index is 9.53. The van der Waals surface area contributed by atoms with Crippen molar-refractivity contribution in [2.45, 2.75) is 25.9 Å². The maximum Gasteiger partial charge on any atom is 0.132 e. The van der Waals surface area contributed by atoms with Gasteiger partial charge in [0.1, 0.15) is 12.1 Å². The average molecular weight is 193 g/mol. The molecule has 1 saturated heterocycles. The molecule has 0 unspecified atom stereocenters. The van der Waals surface area contributed by atoms with Crippen LogP contribution in [0.1, 0.15) is 18.5 Å². The minimum atomic E-state index is -0.209. The molecule has 0 radical (unpaired) electrons. The Morgan fingerprint density at radius 1 is 1.50 bits per heavy atom. The molecule has 14 heavy (non-hydrogen) atoms. The first-order valence-corrected chi connectivity index (χ1v) is 4.97. The summed E-state index contributed by atoms with van der Waals surface area (Å²) in [4.78, 5) is 10.4. The Hall–Kier alpha value is -1.16. The molecule has 1 aromatic heterocycles. The second-order valence-corrected chi connectivity index (χ2v) is 3.76. The minimum absolute atomic E-state index is 0.209. The second kappa shape index (κ2) is 3.92. The van der Waals surface area contributed by atoms with Gasteiger partial charge in [0.15, 0.2) is 0 Å². The van der Waals surface area contributed by atoms with Gasteiger partial charge in [0.2, 0.25) is 0 Å². The summed E-state index contributed by atoms with van der Waals surface area (Å²) in [5, 5.41) is 9.53. The molecule has 1 aromatic rings. The molecular formula is C10H15N3O. The Labute approximate surface area is 83.6 Å². The number of piperidine rings is 1. The number of β-amino-alcohol motifs (C(OH)–C–C–N with tert-alkyl or cyclic N) is 1. The summed E-state index contributed by atoms with van der Waals surface area (Å²) < 4.78 is 0. The Morgan fingerprint density at radius 3 is 3.07 bits per heavy atom. The van der Waals surface area contributed by atoms with E-state index in [1.165, 1.54) is 0 Å². The number of aromatic nitrogens is 2. The summed E-state index contributed by atoms with van der Waals surface area (Å²) in [6, 6.07) is 1.96. The number of rotatable bonds is 1. The number of hydrogen-bond donors (Lipinski definition) is 1. The molecule has 0 aliphatic carbocycles. The third-order valence-electron chi connectivity index (χ3n) is 2.51. The highest BCUT2D eigenvalue weighted by atomic mass is 16.3. The van der Waals surface area contributed by atoms with Gasteiger partial charge in [0.25, 0.3) is 0 Å². The van der Waals surface area contributed by atoms with Gasteiger partial charge in [-0.1, -0.05) is 0 Å². The largest absolute Gasteiger partial charge is 0.391 e. The first kappa shape index (κ1) is 9.40. The Balaban J connectivity index is 2.14. The topological polar surface area (TPSA) is 49.2 Å². The predicted molar refractivity (Wildman–Crippen MR) is 54.2 cm³/mol. The fourth-order valence-corrected chi connectivity index (χ4v) is 1.78. The van der Waals surface area contributed by atoms with Crippen LogP contribution in [0.2, 0.25) is 0 Å². The van der Waals surface area contributed by atoms with E-state index in [9.17, 15) is 5.11 Å². The molecule has 1 atom stereocenters. The van der Waals surface area contributed by atoms with Crippen LogP contribution >= 0.6 is 0 Å². The highest BCUT2D eigenvalue weighted by molar-refractivity contribution is 5.39. The number of nitrogens with zero attached hydrogens (tertiary/aromatic N) is 3. The zero-order valence-electron chi connectivity index (χ0n) is 8.35. The molecular weight excluding hydrogens is 178 g/mol. The lowest BCUT2D eigenvalue weighted by atomic mass is 10.1. The SMILES string of the molecule is Cc1cc(N2CCC[C@H](O)C2)ncn1. The zero-order chi connectivity index (χ0) is 9.97. The molecule has 1 fully saturated rings. The molecule has 0 amide bonds. The normalized spacial score (nSPS) is 22.4. The summed E-state index contributed by atoms with van der Waals surface area (Å²) in [5.41, 5.74) is 0.968. The number of aliphatic hydroxyl groups is 1. The van der Waals surface area contributed by atoms with Gasteiger partial charge in [0, 0.05) is 24.8 Å². The minimum Gasteiger partial charge on any atom is -0.391 e. The van der Waals surface area contributed by atoms with Crippen molar-refractivity contribution in [1.82, 2.24) is 9.97 Å². The van der Waals surface area contributed by atoms with E-state index < -0.39 is 0 Å². The lowest BCUT2D eigenvalue weighted by Crippen LogP contribution is -2.38. The highest BCUT2D eigenvalue weighted by Gasteiger charge is 2.18. The third kappa shape index (κ3) is 2.01. The van der Waals surface area contributed by atoms with Crippen LogP contribution in [-0.2, 0) is 0 Å². The van der Waals surface area contributed by atoms with Crippen molar-refractivity contribution in [3.8, 4) is 0 Å². The Morgan fingerprint density at radius 2 is 2.36 bits per heavy atom. The van der Waals surface area contributed by atoms with Crippen LogP contribution < -0.4 is 4.90 Å². The molecule has 0 spiro atoms. The monoisotopic (exact) mass is 193 g/mol. The number of hydrogen-bond acceptors (Lipinski definition) is 4. The maximum absolute atomic E-state index is 9.53. The first-order chi connectivity index (χ1) is 6.75. The highest BCUT2D eigenvalue weighted by Crippen LogP contribution is 2.17. The molecule has 0 saturated carbocycles. The van der Waals surface area contributed by atoms with E-state index in [1.54, 1.807) is 6.33 Å². The molecule has 4 nitrogen and oxygen atoms in total. The van der Waals surface area contributed by atoms with Crippen molar-refractivity contribution >= 4 is 5.82 Å². The predicted octanol–water partition coefficient (Wildman–Crippen LogP) is 0.746. The van der Waals surface area contributed by atoms with Gasteiger partial charge in [-0.05, 0) is 19.8 Å². The van der Waals surface area contributed by atoms with E-state index in [0.29, 0.717) is 6.54 Å². The van der Waals surface area contributed by atoms with Crippen LogP contribution in [0, 0.1) is 6.92 Å². The van der Waals surface area contributed by atoms with Crippen molar-refractivity contribution in [3.05, 3.63) is 18.1 Å². The standard InChI is InChI=1S/C10H15N3O/c1-8-5-10(12-7-11-8)13-4-2-3-9(14)6-13/h5,7,9,14H,2-4,6H2,1H3/t9-/m0/s1. The van der Waals surface area contributed by atoms with Gasteiger partial charge in [-0.15, -0.1) is 0 Å². The van der Waals surface area contributed by atoms with Crippen LogP contribution in [0.25, 0.3) is 0 Å². The van der Waals surface area contributed by atoms with Crippen LogP contribution in [0.3, 0.4) is 0 Å². The number of aliphatic hydroxyl groups excluding tert-OH is 1. The van der Waals surface area contributed by atoms with E-state index in [0.717, 1.165) is 30.9 Å². The second-order valence-electron chi connectivity index (χ2n) is 3.76. The van der Waals surface area contributed by atoms with Gasteiger partial charge in [-0.2, -0.15) is 0 Å². The van der Waals surface area contributed by atoms with Crippen LogP contribution in [0.4, 0.5) is 5.82 Å². The summed E-state index contributed by atoms with van der Waals surface area (Å²) >= 11 is 0. The number of anilines is 1. The van der Waals surface area contributed by atoms with Gasteiger partial charge in [-0.25, -0.2) is 9.97 Å². The zero-order valence-corrected chi connectivity index (χ0v) is 8.35. The third-order valence-corrected chi connectivity index (χ3v) is 2.51. The summed E-state index contributed by atoms with van der Waals surface area (Å²) in [6.07, 6.45) is 3.30. The molecule has 1 aliphatic rings. The van der Waals surface area contributed by atoms with Crippen molar-refractivity contribution in [2.75, 3.05) is 18.0 Å². The lowest BCUT2D eigenvalue weighted by molar-refractivity contribution is 0.154. The molecule has 76 valence electrons. The van der Waals surface area contributed by atoms with Gasteiger partial charge >= 0.3 is 0 Å². The number of aryl methyl sites for hydroxylation is 1. The quantitative estimate of drug-likeness (QED) is 0.715.